The Kier molecular flexibility index (Phi) is 24.1. The standard InChI is InChI=1S/C18H37O4P.Ti/c1-4-6-8-10-12-14-16-20-23(22-18(3)19)21-17-15-13-11-9-7-5-2;/h4-17H2,1-3H3;. The van der Waals surface area contributed by atoms with Crippen LogP contribution in [0.5, 0.6) is 0 Å². The average Bonchev–Trinajstić information content (AvgIpc) is 2.52. The summed E-state index contributed by atoms with van der Waals surface area (Å²) in [7, 11) is -1.50. The minimum atomic E-state index is -1.50. The Bertz CT molecular complexity index is 249. The molecule has 0 bridgehead atoms. The quantitative estimate of drug-likeness (QED) is 0.159. The number of rotatable bonds is 17. The van der Waals surface area contributed by atoms with Gasteiger partial charge in [-0.15, -0.1) is 0 Å². The van der Waals surface area contributed by atoms with Crippen molar-refractivity contribution >= 4 is 14.6 Å². The maximum Gasteiger partial charge on any atom is 0.399 e. The molecule has 0 spiro atoms. The SMILES string of the molecule is CCCCCCCCOP(OCCCCCCCC)OC(C)=O.[Ti]. The van der Waals surface area contributed by atoms with Gasteiger partial charge in [0, 0.05) is 28.6 Å². The molecule has 0 saturated carbocycles. The summed E-state index contributed by atoms with van der Waals surface area (Å²) >= 11 is 0. The molecule has 0 aromatic carbocycles. The third kappa shape index (κ3) is 20.6. The fourth-order valence-electron chi connectivity index (χ4n) is 2.24. The predicted octanol–water partition coefficient (Wildman–Crippen LogP) is 6.53. The van der Waals surface area contributed by atoms with Crippen LogP contribution in [0, 0.1) is 0 Å². The fraction of sp³-hybridized carbons (Fsp3) is 0.944. The van der Waals surface area contributed by atoms with E-state index in [1.807, 2.05) is 0 Å². The zero-order valence-electron chi connectivity index (χ0n) is 16.0. The molecule has 0 aliphatic rings. The number of carbonyl (C=O) groups excluding carboxylic acids is 1. The van der Waals surface area contributed by atoms with Gasteiger partial charge in [-0.25, -0.2) is 0 Å². The first-order chi connectivity index (χ1) is 11.2. The summed E-state index contributed by atoms with van der Waals surface area (Å²) in [6.07, 6.45) is 14.6. The largest absolute Gasteiger partial charge is 0.399 e. The predicted molar refractivity (Wildman–Crippen MR) is 97.3 cm³/mol. The van der Waals surface area contributed by atoms with E-state index in [1.54, 1.807) is 0 Å². The van der Waals surface area contributed by atoms with Gasteiger partial charge >= 0.3 is 14.6 Å². The van der Waals surface area contributed by atoms with Crippen LogP contribution in [0.25, 0.3) is 0 Å². The zero-order chi connectivity index (χ0) is 17.2. The molecule has 0 rings (SSSR count). The molecular weight excluding hydrogens is 359 g/mol. The molecule has 0 saturated heterocycles. The third-order valence-electron chi connectivity index (χ3n) is 3.59. The van der Waals surface area contributed by atoms with Crippen LogP contribution < -0.4 is 0 Å². The Balaban J connectivity index is 0. The Morgan fingerprint density at radius 2 is 1.08 bits per heavy atom. The first kappa shape index (κ1) is 26.8. The van der Waals surface area contributed by atoms with Crippen LogP contribution in [-0.2, 0) is 40.1 Å². The molecule has 0 heterocycles. The summed E-state index contributed by atoms with van der Waals surface area (Å²) in [5, 5.41) is 0. The average molecular weight is 396 g/mol. The van der Waals surface area contributed by atoms with Gasteiger partial charge < -0.3 is 13.6 Å². The second-order valence-electron chi connectivity index (χ2n) is 6.01. The molecule has 0 amide bonds. The number of hydrogen-bond donors (Lipinski definition) is 0. The van der Waals surface area contributed by atoms with E-state index in [4.69, 9.17) is 13.6 Å². The fourth-order valence-corrected chi connectivity index (χ4v) is 3.18. The molecule has 0 aliphatic carbocycles. The van der Waals surface area contributed by atoms with Gasteiger partial charge in [0.05, 0.1) is 13.2 Å². The molecular formula is C18H37O4PTi. The monoisotopic (exact) mass is 396 g/mol. The molecule has 6 heteroatoms. The molecule has 0 fully saturated rings. The Morgan fingerprint density at radius 3 is 1.46 bits per heavy atom. The molecule has 0 aliphatic heterocycles. The molecule has 0 aromatic heterocycles. The minimum Gasteiger partial charge on any atom is -0.394 e. The van der Waals surface area contributed by atoms with Crippen LogP contribution in [0.1, 0.15) is 97.8 Å². The van der Waals surface area contributed by atoms with Crippen molar-refractivity contribution < 1.29 is 40.1 Å². The smallest absolute Gasteiger partial charge is 0.394 e. The molecule has 24 heavy (non-hydrogen) atoms. The summed E-state index contributed by atoms with van der Waals surface area (Å²) in [6, 6.07) is 0. The maximum absolute atomic E-state index is 11.1. The van der Waals surface area contributed by atoms with Crippen molar-refractivity contribution in [1.29, 1.82) is 0 Å². The van der Waals surface area contributed by atoms with E-state index in [0.717, 1.165) is 12.8 Å². The van der Waals surface area contributed by atoms with Gasteiger partial charge in [0.2, 0.25) is 0 Å². The van der Waals surface area contributed by atoms with Crippen molar-refractivity contribution in [3.8, 4) is 0 Å². The van der Waals surface area contributed by atoms with E-state index in [-0.39, 0.29) is 27.7 Å². The van der Waals surface area contributed by atoms with Crippen molar-refractivity contribution in [2.24, 2.45) is 0 Å². The normalized spacial score (nSPS) is 10.7. The van der Waals surface area contributed by atoms with Gasteiger partial charge in [-0.05, 0) is 12.8 Å². The van der Waals surface area contributed by atoms with Crippen LogP contribution in [0.15, 0.2) is 0 Å². The minimum absolute atomic E-state index is 0. The Hall–Kier alpha value is 0.534. The molecule has 0 aromatic rings. The van der Waals surface area contributed by atoms with Gasteiger partial charge in [0.25, 0.3) is 0 Å². The van der Waals surface area contributed by atoms with Gasteiger partial charge in [0.1, 0.15) is 0 Å². The molecule has 0 radical (unpaired) electrons. The Labute approximate surface area is 165 Å². The van der Waals surface area contributed by atoms with Crippen molar-refractivity contribution in [3.63, 3.8) is 0 Å². The van der Waals surface area contributed by atoms with Gasteiger partial charge in [-0.1, -0.05) is 78.1 Å². The molecule has 0 unspecified atom stereocenters. The van der Waals surface area contributed by atoms with E-state index in [2.05, 4.69) is 13.8 Å². The number of hydrogen-bond acceptors (Lipinski definition) is 4. The second-order valence-corrected chi connectivity index (χ2v) is 7.15. The number of unbranched alkanes of at least 4 members (excludes halogenated alkanes) is 10. The van der Waals surface area contributed by atoms with Crippen LogP contribution in [0.4, 0.5) is 0 Å². The van der Waals surface area contributed by atoms with E-state index < -0.39 is 8.60 Å². The van der Waals surface area contributed by atoms with E-state index in [1.165, 1.54) is 71.1 Å². The summed E-state index contributed by atoms with van der Waals surface area (Å²) in [5.74, 6) is -0.331. The Morgan fingerprint density at radius 1 is 0.708 bits per heavy atom. The van der Waals surface area contributed by atoms with Gasteiger partial charge in [0.15, 0.2) is 0 Å². The van der Waals surface area contributed by atoms with Crippen LogP contribution in [0.2, 0.25) is 0 Å². The van der Waals surface area contributed by atoms with Crippen molar-refractivity contribution in [2.75, 3.05) is 13.2 Å². The van der Waals surface area contributed by atoms with Crippen molar-refractivity contribution in [2.45, 2.75) is 97.8 Å². The molecule has 0 N–H and O–H groups in total. The van der Waals surface area contributed by atoms with Gasteiger partial charge in [-0.3, -0.25) is 4.79 Å². The third-order valence-corrected chi connectivity index (χ3v) is 4.79. The van der Waals surface area contributed by atoms with Crippen LogP contribution in [0.3, 0.4) is 0 Å². The maximum atomic E-state index is 11.1. The summed E-state index contributed by atoms with van der Waals surface area (Å²) in [6.45, 7) is 7.06. The van der Waals surface area contributed by atoms with Crippen molar-refractivity contribution in [3.05, 3.63) is 0 Å². The summed E-state index contributed by atoms with van der Waals surface area (Å²) in [4.78, 5) is 11.1. The van der Waals surface area contributed by atoms with E-state index in [0.29, 0.717) is 13.2 Å². The van der Waals surface area contributed by atoms with Gasteiger partial charge in [-0.2, -0.15) is 0 Å². The summed E-state index contributed by atoms with van der Waals surface area (Å²) in [5.41, 5.74) is 0. The summed E-state index contributed by atoms with van der Waals surface area (Å²) < 4.78 is 16.3. The first-order valence-electron chi connectivity index (χ1n) is 9.45. The van der Waals surface area contributed by atoms with E-state index in [9.17, 15) is 4.79 Å². The molecule has 142 valence electrons. The first-order valence-corrected chi connectivity index (χ1v) is 10.5. The van der Waals surface area contributed by atoms with E-state index >= 15 is 0 Å². The zero-order valence-corrected chi connectivity index (χ0v) is 18.4. The topological polar surface area (TPSA) is 44.8 Å². The molecule has 0 atom stereocenters. The van der Waals surface area contributed by atoms with Crippen LogP contribution >= 0.6 is 8.60 Å². The van der Waals surface area contributed by atoms with Crippen molar-refractivity contribution in [1.82, 2.24) is 0 Å². The number of carbonyl (C=O) groups is 1. The van der Waals surface area contributed by atoms with Crippen LogP contribution in [-0.4, -0.2) is 19.2 Å². The second kappa shape index (κ2) is 21.6. The molecule has 4 nitrogen and oxygen atoms in total.